The Morgan fingerprint density at radius 1 is 0.907 bits per heavy atom. The second-order valence-electron chi connectivity index (χ2n) is 11.0. The maximum absolute atomic E-state index is 13.8. The first-order valence-electron chi connectivity index (χ1n) is 14.1. The maximum atomic E-state index is 13.8. The van der Waals surface area contributed by atoms with E-state index >= 15 is 0 Å². The summed E-state index contributed by atoms with van der Waals surface area (Å²) in [6.45, 7) is 8.03. The molecule has 0 bridgehead atoms. The Bertz CT molecular complexity index is 1680. The number of halogens is 3. The van der Waals surface area contributed by atoms with Crippen molar-refractivity contribution in [3.05, 3.63) is 104 Å². The summed E-state index contributed by atoms with van der Waals surface area (Å²) in [6.07, 6.45) is 3.80. The Labute approximate surface area is 265 Å². The Morgan fingerprint density at radius 2 is 1.60 bits per heavy atom. The van der Waals surface area contributed by atoms with Crippen molar-refractivity contribution in [3.8, 4) is 5.69 Å². The van der Waals surface area contributed by atoms with E-state index in [-0.39, 0.29) is 17.9 Å². The number of hydrogen-bond donors (Lipinski definition) is 1. The third-order valence-electron chi connectivity index (χ3n) is 8.19. The van der Waals surface area contributed by atoms with E-state index in [1.807, 2.05) is 66.1 Å². The molecule has 43 heavy (non-hydrogen) atoms. The van der Waals surface area contributed by atoms with Crippen molar-refractivity contribution in [1.82, 2.24) is 29.5 Å². The van der Waals surface area contributed by atoms with Gasteiger partial charge in [0, 0.05) is 67.1 Å². The summed E-state index contributed by atoms with van der Waals surface area (Å²) in [5.74, 6) is -0.0863. The number of nitrogens with zero attached hydrogens (tertiary/aromatic N) is 5. The van der Waals surface area contributed by atoms with Crippen LogP contribution in [0.15, 0.2) is 60.8 Å². The number of likely N-dealkylation sites (tertiary alicyclic amines) is 1. The predicted octanol–water partition coefficient (Wildman–Crippen LogP) is 6.31. The van der Waals surface area contributed by atoms with Crippen LogP contribution in [0.2, 0.25) is 15.1 Å². The smallest absolute Gasteiger partial charge is 0.274 e. The van der Waals surface area contributed by atoms with Crippen LogP contribution in [0.25, 0.3) is 17.3 Å². The van der Waals surface area contributed by atoms with Gasteiger partial charge in [0.25, 0.3) is 11.8 Å². The number of H-pyrrole nitrogens is 1. The molecule has 0 atom stereocenters. The van der Waals surface area contributed by atoms with Crippen LogP contribution < -0.4 is 0 Å². The summed E-state index contributed by atoms with van der Waals surface area (Å²) in [7, 11) is 0. The molecular weight excluding hydrogens is 607 g/mol. The van der Waals surface area contributed by atoms with Crippen molar-refractivity contribution in [2.45, 2.75) is 19.9 Å². The third kappa shape index (κ3) is 5.97. The topological polar surface area (TPSA) is 77.5 Å². The monoisotopic (exact) mass is 636 g/mol. The number of aromatic amines is 1. The fourth-order valence-corrected chi connectivity index (χ4v) is 6.41. The largest absolute Gasteiger partial charge is 0.357 e. The summed E-state index contributed by atoms with van der Waals surface area (Å²) in [5.41, 5.74) is 5.11. The average Bonchev–Trinajstić information content (AvgIpc) is 3.62. The zero-order valence-corrected chi connectivity index (χ0v) is 26.1. The number of carbonyl (C=O) groups excluding carboxylic acids is 2. The van der Waals surface area contributed by atoms with Gasteiger partial charge in [0.2, 0.25) is 0 Å². The molecule has 0 radical (unpaired) electrons. The molecule has 11 heteroatoms. The van der Waals surface area contributed by atoms with Crippen molar-refractivity contribution in [2.24, 2.45) is 0 Å². The minimum atomic E-state index is -0.112. The zero-order chi connectivity index (χ0) is 30.2. The van der Waals surface area contributed by atoms with E-state index in [4.69, 9.17) is 39.9 Å². The number of hydrogen-bond acceptors (Lipinski definition) is 4. The molecule has 0 unspecified atom stereocenters. The Morgan fingerprint density at radius 3 is 2.26 bits per heavy atom. The third-order valence-corrected chi connectivity index (χ3v) is 8.97. The highest BCUT2D eigenvalue weighted by molar-refractivity contribution is 6.35. The number of aromatic nitrogens is 3. The molecule has 8 nitrogen and oxygen atoms in total. The van der Waals surface area contributed by atoms with Gasteiger partial charge in [0.05, 0.1) is 16.4 Å². The van der Waals surface area contributed by atoms with E-state index in [0.717, 1.165) is 35.5 Å². The summed E-state index contributed by atoms with van der Waals surface area (Å²) in [6, 6.07) is 16.7. The molecule has 2 aliphatic rings. The van der Waals surface area contributed by atoms with E-state index in [2.05, 4.69) is 9.88 Å². The molecule has 2 aromatic heterocycles. The minimum Gasteiger partial charge on any atom is -0.357 e. The van der Waals surface area contributed by atoms with Crippen LogP contribution in [0.3, 0.4) is 0 Å². The van der Waals surface area contributed by atoms with E-state index in [1.54, 1.807) is 29.1 Å². The number of nitrogens with one attached hydrogen (secondary N) is 1. The van der Waals surface area contributed by atoms with Crippen molar-refractivity contribution >= 4 is 58.3 Å². The van der Waals surface area contributed by atoms with Gasteiger partial charge in [-0.2, -0.15) is 5.10 Å². The van der Waals surface area contributed by atoms with Crippen LogP contribution in [-0.2, 0) is 0 Å². The van der Waals surface area contributed by atoms with Gasteiger partial charge < -0.3 is 14.8 Å². The first kappa shape index (κ1) is 29.5. The first-order valence-corrected chi connectivity index (χ1v) is 15.3. The van der Waals surface area contributed by atoms with Crippen LogP contribution in [0.1, 0.15) is 44.7 Å². The second-order valence-corrected chi connectivity index (χ2v) is 12.3. The van der Waals surface area contributed by atoms with Crippen LogP contribution in [-0.4, -0.2) is 86.6 Å². The molecule has 2 saturated heterocycles. The summed E-state index contributed by atoms with van der Waals surface area (Å²) < 4.78 is 1.74. The predicted molar refractivity (Wildman–Crippen MR) is 171 cm³/mol. The number of rotatable bonds is 6. The number of allylic oxidation sites excluding steroid dienone is 1. The number of benzene rings is 2. The van der Waals surface area contributed by atoms with Crippen LogP contribution >= 0.6 is 34.8 Å². The lowest BCUT2D eigenvalue weighted by molar-refractivity contribution is 0.00807. The standard InChI is InChI=1S/C32H31Cl3N6O2/c1-20(16-22-5-7-23(33)8-6-22)30-21(2)29(37-41(30)28-10-9-24(34)17-26(28)35)32(43)40-18-25(19-40)38-12-14-39(15-13-38)31(42)27-4-3-11-36-27/h3-11,16-17,25,36H,12-15,18-19H2,1-2H3/b20-16-. The van der Waals surface area contributed by atoms with Crippen molar-refractivity contribution in [3.63, 3.8) is 0 Å². The highest BCUT2D eigenvalue weighted by Gasteiger charge is 2.39. The van der Waals surface area contributed by atoms with Gasteiger partial charge in [0.15, 0.2) is 5.69 Å². The highest BCUT2D eigenvalue weighted by atomic mass is 35.5. The number of carbonyl (C=O) groups is 2. The second kappa shape index (κ2) is 12.2. The lowest BCUT2D eigenvalue weighted by Gasteiger charge is -2.47. The SMILES string of the molecule is C/C(=C/c1ccc(Cl)cc1)c1c(C)c(C(=O)N2CC(N3CCN(C(=O)c4ccc[nH]4)CC3)C2)nn1-c1ccc(Cl)cc1Cl. The first-order chi connectivity index (χ1) is 20.7. The van der Waals surface area contributed by atoms with Crippen molar-refractivity contribution in [2.75, 3.05) is 39.3 Å². The van der Waals surface area contributed by atoms with E-state index in [9.17, 15) is 9.59 Å². The van der Waals surface area contributed by atoms with Crippen molar-refractivity contribution in [1.29, 1.82) is 0 Å². The molecule has 2 aromatic carbocycles. The zero-order valence-electron chi connectivity index (χ0n) is 23.9. The summed E-state index contributed by atoms with van der Waals surface area (Å²) >= 11 is 18.9. The van der Waals surface area contributed by atoms with E-state index in [1.165, 1.54) is 0 Å². The van der Waals surface area contributed by atoms with Crippen LogP contribution in [0, 0.1) is 6.92 Å². The van der Waals surface area contributed by atoms with Crippen LogP contribution in [0.5, 0.6) is 0 Å². The van der Waals surface area contributed by atoms with Gasteiger partial charge in [0.1, 0.15) is 5.69 Å². The Balaban J connectivity index is 1.20. The molecule has 222 valence electrons. The fraction of sp³-hybridized carbons (Fsp3) is 0.281. The fourth-order valence-electron chi connectivity index (χ4n) is 5.79. The van der Waals surface area contributed by atoms with Gasteiger partial charge in [-0.15, -0.1) is 0 Å². The molecule has 2 amide bonds. The number of amides is 2. The van der Waals surface area contributed by atoms with E-state index < -0.39 is 0 Å². The van der Waals surface area contributed by atoms with Gasteiger partial charge >= 0.3 is 0 Å². The molecular formula is C32H31Cl3N6O2. The molecule has 0 aliphatic carbocycles. The van der Waals surface area contributed by atoms with Gasteiger partial charge in [-0.1, -0.05) is 46.9 Å². The quantitative estimate of drug-likeness (QED) is 0.269. The maximum Gasteiger partial charge on any atom is 0.274 e. The Hall–Kier alpha value is -3.56. The molecule has 4 aromatic rings. The van der Waals surface area contributed by atoms with E-state index in [0.29, 0.717) is 58.3 Å². The molecule has 0 spiro atoms. The molecule has 6 rings (SSSR count). The van der Waals surface area contributed by atoms with Gasteiger partial charge in [-0.3, -0.25) is 14.5 Å². The highest BCUT2D eigenvalue weighted by Crippen LogP contribution is 2.32. The lowest BCUT2D eigenvalue weighted by atomic mass is 10.0. The van der Waals surface area contributed by atoms with Gasteiger partial charge in [-0.05, 0) is 73.5 Å². The van der Waals surface area contributed by atoms with Crippen molar-refractivity contribution < 1.29 is 9.59 Å². The summed E-state index contributed by atoms with van der Waals surface area (Å²) in [4.78, 5) is 35.5. The summed E-state index contributed by atoms with van der Waals surface area (Å²) in [5, 5.41) is 6.44. The molecule has 2 aliphatic heterocycles. The Kier molecular flexibility index (Phi) is 8.38. The number of piperazine rings is 1. The average molecular weight is 638 g/mol. The molecule has 0 saturated carbocycles. The minimum absolute atomic E-state index is 0.0260. The molecule has 1 N–H and O–H groups in total. The lowest BCUT2D eigenvalue weighted by Crippen LogP contribution is -2.64. The van der Waals surface area contributed by atoms with Gasteiger partial charge in [-0.25, -0.2) is 4.68 Å². The normalized spacial score (nSPS) is 16.4. The molecule has 4 heterocycles. The molecule has 2 fully saturated rings. The van der Waals surface area contributed by atoms with Crippen LogP contribution in [0.4, 0.5) is 0 Å².